The van der Waals surface area contributed by atoms with E-state index in [0.29, 0.717) is 0 Å². The summed E-state index contributed by atoms with van der Waals surface area (Å²) in [6.07, 6.45) is -0.348. The molecule has 0 aromatic heterocycles. The van der Waals surface area contributed by atoms with E-state index in [2.05, 4.69) is 0 Å². The molecule has 0 unspecified atom stereocenters. The maximum absolute atomic E-state index is 10.3. The predicted molar refractivity (Wildman–Crippen MR) is 69.0 cm³/mol. The van der Waals surface area contributed by atoms with Crippen LogP contribution in [-0.4, -0.2) is 83.0 Å². The van der Waals surface area contributed by atoms with E-state index in [4.69, 9.17) is 19.7 Å². The quantitative estimate of drug-likeness (QED) is 0.207. The van der Waals surface area contributed by atoms with Crippen LogP contribution in [-0.2, 0) is 45.6 Å². The Balaban J connectivity index is -0.000000270. The topological polar surface area (TPSA) is 224 Å². The molecule has 0 atom stereocenters. The molecular formula is C11H23O11W-3. The van der Waals surface area contributed by atoms with Gasteiger partial charge in [-0.2, -0.15) is 0 Å². The zero-order chi connectivity index (χ0) is 14.7. The first kappa shape index (κ1) is 33.8. The van der Waals surface area contributed by atoms with Crippen LogP contribution < -0.4 is 0 Å². The molecule has 0 saturated heterocycles. The fourth-order valence-corrected chi connectivity index (χ4v) is 1.17. The van der Waals surface area contributed by atoms with Gasteiger partial charge in [-0.25, -0.2) is 0 Å². The third-order valence-electron chi connectivity index (χ3n) is 2.41. The average Bonchev–Trinajstić information content (AvgIpc) is 2.37. The van der Waals surface area contributed by atoms with Crippen molar-refractivity contribution >= 4 is 11.9 Å². The van der Waals surface area contributed by atoms with Gasteiger partial charge in [-0.15, -0.1) is 0 Å². The Kier molecular flexibility index (Phi) is 28.5. The van der Waals surface area contributed by atoms with Gasteiger partial charge in [0, 0.05) is 21.1 Å². The monoisotopic (exact) mass is 515 g/mol. The van der Waals surface area contributed by atoms with Crippen molar-refractivity contribution in [3.05, 3.63) is 0 Å². The SMILES string of the molecule is O.O=C(O)CCOCC(CO)(CO)COCCC(=O)O.[O-2].[OH-].[W]. The number of aliphatic carboxylic acids is 2. The second kappa shape index (κ2) is 19.4. The molecule has 12 heteroatoms. The van der Waals surface area contributed by atoms with Gasteiger partial charge in [0.25, 0.3) is 0 Å². The van der Waals surface area contributed by atoms with Gasteiger partial charge < -0.3 is 46.3 Å². The third-order valence-corrected chi connectivity index (χ3v) is 2.41. The molecule has 0 spiro atoms. The molecule has 0 saturated carbocycles. The van der Waals surface area contributed by atoms with E-state index in [1.54, 1.807) is 0 Å². The van der Waals surface area contributed by atoms with Crippen LogP contribution in [0.2, 0.25) is 0 Å². The van der Waals surface area contributed by atoms with Crippen molar-refractivity contribution in [1.82, 2.24) is 0 Å². The van der Waals surface area contributed by atoms with Crippen LogP contribution in [0.15, 0.2) is 0 Å². The summed E-state index contributed by atoms with van der Waals surface area (Å²) in [7, 11) is 0. The van der Waals surface area contributed by atoms with Gasteiger partial charge in [-0.3, -0.25) is 9.59 Å². The predicted octanol–water partition coefficient (Wildman–Crippen LogP) is -2.18. The van der Waals surface area contributed by atoms with Gasteiger partial charge in [0.1, 0.15) is 0 Å². The molecule has 0 aromatic carbocycles. The smallest absolute Gasteiger partial charge is 0.305 e. The van der Waals surface area contributed by atoms with Crippen molar-refractivity contribution in [1.29, 1.82) is 0 Å². The van der Waals surface area contributed by atoms with Crippen LogP contribution in [0, 0.1) is 5.41 Å². The van der Waals surface area contributed by atoms with E-state index in [-0.39, 0.29) is 76.8 Å². The maximum Gasteiger partial charge on any atom is 0.305 e. The third kappa shape index (κ3) is 17.5. The molecule has 0 fully saturated rings. The normalized spacial score (nSPS) is 9.48. The molecule has 0 rings (SSSR count). The van der Waals surface area contributed by atoms with Crippen molar-refractivity contribution in [2.45, 2.75) is 12.8 Å². The van der Waals surface area contributed by atoms with E-state index in [1.807, 2.05) is 0 Å². The molecule has 0 aliphatic rings. The Labute approximate surface area is 147 Å². The molecule has 23 heavy (non-hydrogen) atoms. The molecule has 0 radical (unpaired) electrons. The number of rotatable bonds is 12. The second-order valence-electron chi connectivity index (χ2n) is 4.21. The van der Waals surface area contributed by atoms with E-state index < -0.39 is 30.6 Å². The molecule has 11 nitrogen and oxygen atoms in total. The second-order valence-corrected chi connectivity index (χ2v) is 4.21. The van der Waals surface area contributed by atoms with Crippen molar-refractivity contribution in [2.24, 2.45) is 5.41 Å². The number of ether oxygens (including phenoxy) is 2. The molecule has 0 bridgehead atoms. The van der Waals surface area contributed by atoms with E-state index in [0.717, 1.165) is 0 Å². The van der Waals surface area contributed by atoms with Crippen molar-refractivity contribution in [3.8, 4) is 0 Å². The molecule has 0 aliphatic heterocycles. The zero-order valence-corrected chi connectivity index (χ0v) is 15.3. The van der Waals surface area contributed by atoms with E-state index in [9.17, 15) is 19.8 Å². The van der Waals surface area contributed by atoms with Crippen LogP contribution in [0.4, 0.5) is 0 Å². The van der Waals surface area contributed by atoms with Gasteiger partial charge in [-0.1, -0.05) is 0 Å². The molecule has 142 valence electrons. The number of hydrogen-bond acceptors (Lipinski definition) is 7. The largest absolute Gasteiger partial charge is 2.00 e. The number of carboxylic acids is 2. The van der Waals surface area contributed by atoms with E-state index in [1.165, 1.54) is 0 Å². The summed E-state index contributed by atoms with van der Waals surface area (Å²) in [4.78, 5) is 20.6. The number of carbonyl (C=O) groups is 2. The van der Waals surface area contributed by atoms with Crippen LogP contribution in [0.25, 0.3) is 0 Å². The molecule has 0 aromatic rings. The first-order chi connectivity index (χ1) is 8.95. The summed E-state index contributed by atoms with van der Waals surface area (Å²) in [5.41, 5.74) is -1.06. The Hall–Kier alpha value is -0.652. The molecule has 0 heterocycles. The number of carboxylic acid groups (broad SMARTS) is 2. The Bertz CT molecular complexity index is 259. The van der Waals surface area contributed by atoms with Crippen LogP contribution >= 0.6 is 0 Å². The Morgan fingerprint density at radius 1 is 0.870 bits per heavy atom. The fourth-order valence-electron chi connectivity index (χ4n) is 1.17. The number of aliphatic hydroxyl groups excluding tert-OH is 2. The molecule has 0 aliphatic carbocycles. The number of aliphatic hydroxyl groups is 2. The van der Waals surface area contributed by atoms with Crippen molar-refractivity contribution in [2.75, 3.05) is 39.6 Å². The minimum absolute atomic E-state index is 0. The minimum atomic E-state index is -1.06. The molecule has 0 amide bonds. The first-order valence-electron chi connectivity index (χ1n) is 5.76. The molecule has 7 N–H and O–H groups in total. The van der Waals surface area contributed by atoms with Crippen molar-refractivity contribution < 1.29 is 77.0 Å². The zero-order valence-electron chi connectivity index (χ0n) is 12.3. The summed E-state index contributed by atoms with van der Waals surface area (Å²) >= 11 is 0. The first-order valence-corrected chi connectivity index (χ1v) is 5.76. The number of hydrogen-bond donors (Lipinski definition) is 4. The summed E-state index contributed by atoms with van der Waals surface area (Å²) in [5, 5.41) is 35.3. The Morgan fingerprint density at radius 3 is 1.39 bits per heavy atom. The van der Waals surface area contributed by atoms with Gasteiger partial charge >= 0.3 is 11.9 Å². The minimum Gasteiger partial charge on any atom is -2.00 e. The summed E-state index contributed by atoms with van der Waals surface area (Å²) in [6.45, 7) is -1.04. The fraction of sp³-hybridized carbons (Fsp3) is 0.818. The maximum atomic E-state index is 10.3. The van der Waals surface area contributed by atoms with Gasteiger partial charge in [0.05, 0.1) is 57.9 Å². The summed E-state index contributed by atoms with van der Waals surface area (Å²) in [6, 6.07) is 0. The van der Waals surface area contributed by atoms with E-state index >= 15 is 0 Å². The van der Waals surface area contributed by atoms with Gasteiger partial charge in [0.15, 0.2) is 0 Å². The van der Waals surface area contributed by atoms with Crippen LogP contribution in [0.1, 0.15) is 12.8 Å². The standard InChI is InChI=1S/C11H20O8.2H2O.O.W/c12-5-11(6-13,7-18-3-1-9(14)15)8-19-4-2-10(16)17;;;;/h12-13H,1-8H2,(H,14,15)(H,16,17);2*1H2;;/q;;;-2;/p-1. The molecular weight excluding hydrogens is 492 g/mol. The summed E-state index contributed by atoms with van der Waals surface area (Å²) in [5.74, 6) is -2.01. The van der Waals surface area contributed by atoms with Gasteiger partial charge in [-0.05, 0) is 0 Å². The van der Waals surface area contributed by atoms with Crippen molar-refractivity contribution in [3.63, 3.8) is 0 Å². The van der Waals surface area contributed by atoms with Crippen LogP contribution in [0.3, 0.4) is 0 Å². The van der Waals surface area contributed by atoms with Gasteiger partial charge in [0.2, 0.25) is 0 Å². The summed E-state index contributed by atoms with van der Waals surface area (Å²) < 4.78 is 10.1. The Morgan fingerprint density at radius 2 is 1.17 bits per heavy atom. The average molecular weight is 515 g/mol. The van der Waals surface area contributed by atoms with Crippen LogP contribution in [0.5, 0.6) is 0 Å².